The van der Waals surface area contributed by atoms with Gasteiger partial charge in [0.2, 0.25) is 5.88 Å². The minimum absolute atomic E-state index is 0.136. The van der Waals surface area contributed by atoms with Gasteiger partial charge in [-0.15, -0.1) is 6.42 Å². The van der Waals surface area contributed by atoms with Crippen molar-refractivity contribution in [3.63, 3.8) is 0 Å². The number of aliphatic hydroxyl groups excluding tert-OH is 1. The number of hydrogen-bond acceptors (Lipinski definition) is 5. The van der Waals surface area contributed by atoms with Crippen LogP contribution < -0.4 is 4.74 Å². The highest BCUT2D eigenvalue weighted by molar-refractivity contribution is 5.43. The Balaban J connectivity index is 1.64. The first kappa shape index (κ1) is 23.0. The molecule has 3 aromatic rings. The van der Waals surface area contributed by atoms with Crippen molar-refractivity contribution in [3.8, 4) is 29.7 Å². The monoisotopic (exact) mass is 449 g/mol. The van der Waals surface area contributed by atoms with Gasteiger partial charge in [-0.1, -0.05) is 36.3 Å². The number of rotatable bonds is 11. The third-order valence-electron chi connectivity index (χ3n) is 5.55. The van der Waals surface area contributed by atoms with Gasteiger partial charge in [0.25, 0.3) is 0 Å². The van der Waals surface area contributed by atoms with Crippen LogP contribution in [0.4, 0.5) is 4.39 Å². The summed E-state index contributed by atoms with van der Waals surface area (Å²) < 4.78 is 27.6. The summed E-state index contributed by atoms with van der Waals surface area (Å²) in [7, 11) is 0. The number of para-hydroxylation sites is 2. The SMILES string of the molecule is C#CCOCC(O)CN(Cc1c(C)nn(-c2ccccc2)c1Oc1ccccc1F)C1CC1. The molecule has 6 nitrogen and oxygen atoms in total. The van der Waals surface area contributed by atoms with Crippen molar-refractivity contribution in [3.05, 3.63) is 71.7 Å². The van der Waals surface area contributed by atoms with Crippen LogP contribution in [0.15, 0.2) is 54.6 Å². The van der Waals surface area contributed by atoms with Gasteiger partial charge >= 0.3 is 0 Å². The molecule has 1 aliphatic rings. The summed E-state index contributed by atoms with van der Waals surface area (Å²) in [6, 6.07) is 16.3. The maximum atomic E-state index is 14.4. The number of nitrogens with zero attached hydrogens (tertiary/aromatic N) is 3. The molecule has 0 amide bonds. The molecule has 0 spiro atoms. The average Bonchev–Trinajstić information content (AvgIpc) is 3.62. The van der Waals surface area contributed by atoms with Crippen molar-refractivity contribution < 1.29 is 19.0 Å². The minimum Gasteiger partial charge on any atom is -0.435 e. The van der Waals surface area contributed by atoms with Crippen molar-refractivity contribution in [2.45, 2.75) is 38.5 Å². The van der Waals surface area contributed by atoms with Crippen molar-refractivity contribution in [1.29, 1.82) is 0 Å². The summed E-state index contributed by atoms with van der Waals surface area (Å²) in [6.07, 6.45) is 6.68. The minimum atomic E-state index is -0.667. The van der Waals surface area contributed by atoms with Gasteiger partial charge in [0, 0.05) is 19.1 Å². The first-order valence-corrected chi connectivity index (χ1v) is 11.1. The summed E-state index contributed by atoms with van der Waals surface area (Å²) in [6.45, 7) is 3.21. The van der Waals surface area contributed by atoms with Crippen LogP contribution in [0, 0.1) is 25.1 Å². The fourth-order valence-corrected chi connectivity index (χ4v) is 3.76. The molecule has 1 heterocycles. The van der Waals surface area contributed by atoms with E-state index in [4.69, 9.17) is 21.0 Å². The van der Waals surface area contributed by atoms with E-state index in [1.807, 2.05) is 37.3 Å². The maximum Gasteiger partial charge on any atom is 0.227 e. The Morgan fingerprint density at radius 1 is 1.21 bits per heavy atom. The van der Waals surface area contributed by atoms with E-state index in [0.29, 0.717) is 25.0 Å². The second-order valence-corrected chi connectivity index (χ2v) is 8.18. The van der Waals surface area contributed by atoms with E-state index in [2.05, 4.69) is 10.8 Å². The second kappa shape index (κ2) is 10.6. The van der Waals surface area contributed by atoms with Crippen molar-refractivity contribution in [2.75, 3.05) is 19.8 Å². The third kappa shape index (κ3) is 5.79. The molecule has 1 atom stereocenters. The van der Waals surface area contributed by atoms with Gasteiger partial charge in [0.1, 0.15) is 6.61 Å². The number of aliphatic hydroxyl groups is 1. The Bertz CT molecular complexity index is 1110. The lowest BCUT2D eigenvalue weighted by molar-refractivity contribution is 0.0240. The second-order valence-electron chi connectivity index (χ2n) is 8.18. The molecule has 1 aromatic heterocycles. The van der Waals surface area contributed by atoms with Gasteiger partial charge in [-0.3, -0.25) is 4.90 Å². The van der Waals surface area contributed by atoms with Gasteiger partial charge in [0.05, 0.1) is 29.7 Å². The summed E-state index contributed by atoms with van der Waals surface area (Å²) in [4.78, 5) is 2.21. The normalized spacial score (nSPS) is 14.3. The number of hydrogen-bond donors (Lipinski definition) is 1. The van der Waals surface area contributed by atoms with Crippen LogP contribution in [0.2, 0.25) is 0 Å². The number of aromatic nitrogens is 2. The molecule has 0 bridgehead atoms. The average molecular weight is 450 g/mol. The zero-order valence-electron chi connectivity index (χ0n) is 18.7. The maximum absolute atomic E-state index is 14.4. The Hall–Kier alpha value is -3.18. The standard InChI is InChI=1S/C26H28FN3O3/c1-3-15-32-18-22(31)16-29(20-13-14-20)17-23-19(2)28-30(21-9-5-4-6-10-21)26(23)33-25-12-8-7-11-24(25)27/h1,4-12,20,22,31H,13-18H2,2H3. The molecule has 0 saturated heterocycles. The smallest absolute Gasteiger partial charge is 0.227 e. The number of terminal acetylenes is 1. The van der Waals surface area contributed by atoms with Crippen molar-refractivity contribution >= 4 is 0 Å². The molecule has 172 valence electrons. The summed E-state index contributed by atoms with van der Waals surface area (Å²) in [5.41, 5.74) is 2.46. The third-order valence-corrected chi connectivity index (χ3v) is 5.55. The van der Waals surface area contributed by atoms with Crippen LogP contribution in [-0.2, 0) is 11.3 Å². The summed E-state index contributed by atoms with van der Waals surface area (Å²) in [5, 5.41) is 15.2. The molecule has 33 heavy (non-hydrogen) atoms. The fraction of sp³-hybridized carbons (Fsp3) is 0.346. The van der Waals surface area contributed by atoms with Crippen LogP contribution in [0.25, 0.3) is 5.69 Å². The van der Waals surface area contributed by atoms with E-state index in [0.717, 1.165) is 29.8 Å². The van der Waals surface area contributed by atoms with Crippen LogP contribution in [0.5, 0.6) is 11.6 Å². The van der Waals surface area contributed by atoms with E-state index >= 15 is 0 Å². The highest BCUT2D eigenvalue weighted by Gasteiger charge is 2.32. The predicted octanol–water partition coefficient (Wildman–Crippen LogP) is 4.09. The number of aryl methyl sites for hydroxylation is 1. The molecule has 2 aromatic carbocycles. The number of halogens is 1. The predicted molar refractivity (Wildman–Crippen MR) is 124 cm³/mol. The molecular weight excluding hydrogens is 421 g/mol. The topological polar surface area (TPSA) is 59.8 Å². The van der Waals surface area contributed by atoms with Gasteiger partial charge in [-0.05, 0) is 44.0 Å². The van der Waals surface area contributed by atoms with Crippen molar-refractivity contribution in [1.82, 2.24) is 14.7 Å². The first-order valence-electron chi connectivity index (χ1n) is 11.1. The zero-order valence-corrected chi connectivity index (χ0v) is 18.7. The number of benzene rings is 2. The van der Waals surface area contributed by atoms with Gasteiger partial charge in [0.15, 0.2) is 11.6 Å². The van der Waals surface area contributed by atoms with E-state index in [1.54, 1.807) is 22.9 Å². The Morgan fingerprint density at radius 3 is 2.64 bits per heavy atom. The van der Waals surface area contributed by atoms with E-state index in [9.17, 15) is 9.50 Å². The van der Waals surface area contributed by atoms with Crippen LogP contribution >= 0.6 is 0 Å². The molecule has 1 saturated carbocycles. The molecule has 4 rings (SSSR count). The fourth-order valence-electron chi connectivity index (χ4n) is 3.76. The molecule has 1 aliphatic carbocycles. The first-order chi connectivity index (χ1) is 16.1. The Kier molecular flexibility index (Phi) is 7.40. The lowest BCUT2D eigenvalue weighted by Gasteiger charge is -2.25. The summed E-state index contributed by atoms with van der Waals surface area (Å²) in [5.74, 6) is 2.57. The van der Waals surface area contributed by atoms with Gasteiger partial charge in [-0.25, -0.2) is 9.07 Å². The largest absolute Gasteiger partial charge is 0.435 e. The molecule has 0 radical (unpaired) electrons. The van der Waals surface area contributed by atoms with E-state index < -0.39 is 11.9 Å². The zero-order chi connectivity index (χ0) is 23.2. The lowest BCUT2D eigenvalue weighted by atomic mass is 10.2. The van der Waals surface area contributed by atoms with Gasteiger partial charge < -0.3 is 14.6 Å². The molecule has 1 unspecified atom stereocenters. The Labute approximate surface area is 193 Å². The summed E-state index contributed by atoms with van der Waals surface area (Å²) >= 11 is 0. The van der Waals surface area contributed by atoms with Crippen molar-refractivity contribution in [2.24, 2.45) is 0 Å². The molecular formula is C26H28FN3O3. The van der Waals surface area contributed by atoms with Gasteiger partial charge in [-0.2, -0.15) is 5.10 Å². The van der Waals surface area contributed by atoms with Crippen LogP contribution in [-0.4, -0.2) is 51.7 Å². The molecule has 1 N–H and O–H groups in total. The Morgan fingerprint density at radius 2 is 1.94 bits per heavy atom. The van der Waals surface area contributed by atoms with Crippen LogP contribution in [0.3, 0.4) is 0 Å². The quantitative estimate of drug-likeness (QED) is 0.353. The van der Waals surface area contributed by atoms with Crippen LogP contribution in [0.1, 0.15) is 24.1 Å². The highest BCUT2D eigenvalue weighted by atomic mass is 19.1. The lowest BCUT2D eigenvalue weighted by Crippen LogP contribution is -2.36. The highest BCUT2D eigenvalue weighted by Crippen LogP contribution is 2.35. The van der Waals surface area contributed by atoms with E-state index in [1.165, 1.54) is 6.07 Å². The molecule has 1 fully saturated rings. The molecule has 0 aliphatic heterocycles. The van der Waals surface area contributed by atoms with E-state index in [-0.39, 0.29) is 19.0 Å². The molecule has 7 heteroatoms. The number of ether oxygens (including phenoxy) is 2.